The van der Waals surface area contributed by atoms with Gasteiger partial charge in [0.2, 0.25) is 0 Å². The zero-order chi connectivity index (χ0) is 18.4. The molecule has 3 aromatic rings. The zero-order valence-electron chi connectivity index (χ0n) is 15.2. The molecule has 134 valence electrons. The first-order valence-corrected chi connectivity index (χ1v) is 8.92. The summed E-state index contributed by atoms with van der Waals surface area (Å²) in [4.78, 5) is 21.0. The molecular formula is C21H24N4O. The number of amides is 1. The molecule has 5 heteroatoms. The van der Waals surface area contributed by atoms with Crippen LogP contribution in [0.1, 0.15) is 41.9 Å². The Kier molecular flexibility index (Phi) is 5.79. The molecule has 0 aliphatic heterocycles. The van der Waals surface area contributed by atoms with E-state index in [4.69, 9.17) is 0 Å². The van der Waals surface area contributed by atoms with Crippen molar-refractivity contribution in [2.24, 2.45) is 5.92 Å². The van der Waals surface area contributed by atoms with Gasteiger partial charge in [0, 0.05) is 31.3 Å². The number of rotatable bonds is 7. The van der Waals surface area contributed by atoms with Gasteiger partial charge in [-0.1, -0.05) is 19.9 Å². The standard InChI is InChI=1S/C21H24N4O/c1-16(2)5-6-17-7-8-20(23-14-17)24-21(26)19-4-3-13-25(19)15-18-9-11-22-12-10-18/h3-4,7-14,16H,5-6,15H2,1-2H3,(H,23,24,26). The molecular weight excluding hydrogens is 324 g/mol. The number of nitrogens with one attached hydrogen (secondary N) is 1. The van der Waals surface area contributed by atoms with E-state index in [2.05, 4.69) is 29.1 Å². The molecule has 1 N–H and O–H groups in total. The lowest BCUT2D eigenvalue weighted by Gasteiger charge is -2.10. The average molecular weight is 348 g/mol. The molecule has 0 aliphatic carbocycles. The molecule has 0 aliphatic rings. The minimum atomic E-state index is -0.161. The maximum Gasteiger partial charge on any atom is 0.273 e. The van der Waals surface area contributed by atoms with Gasteiger partial charge in [-0.2, -0.15) is 0 Å². The van der Waals surface area contributed by atoms with Gasteiger partial charge in [0.15, 0.2) is 0 Å². The highest BCUT2D eigenvalue weighted by Crippen LogP contribution is 2.13. The molecule has 0 atom stereocenters. The van der Waals surface area contributed by atoms with Crippen molar-refractivity contribution in [2.45, 2.75) is 33.2 Å². The van der Waals surface area contributed by atoms with E-state index in [1.165, 1.54) is 5.56 Å². The quantitative estimate of drug-likeness (QED) is 0.697. The molecule has 0 aromatic carbocycles. The Morgan fingerprint density at radius 2 is 1.92 bits per heavy atom. The summed E-state index contributed by atoms with van der Waals surface area (Å²) in [7, 11) is 0. The molecule has 0 spiro atoms. The second-order valence-electron chi connectivity index (χ2n) is 6.82. The average Bonchev–Trinajstić information content (AvgIpc) is 3.10. The third-order valence-electron chi connectivity index (χ3n) is 4.24. The van der Waals surface area contributed by atoms with Gasteiger partial charge in [-0.05, 0) is 60.2 Å². The largest absolute Gasteiger partial charge is 0.339 e. The number of nitrogens with zero attached hydrogens (tertiary/aromatic N) is 3. The van der Waals surface area contributed by atoms with E-state index < -0.39 is 0 Å². The van der Waals surface area contributed by atoms with E-state index in [0.29, 0.717) is 24.0 Å². The maximum atomic E-state index is 12.6. The molecule has 0 saturated heterocycles. The third kappa shape index (κ3) is 4.79. The summed E-state index contributed by atoms with van der Waals surface area (Å²) >= 11 is 0. The van der Waals surface area contributed by atoms with Crippen LogP contribution in [-0.4, -0.2) is 20.4 Å². The molecule has 5 nitrogen and oxygen atoms in total. The van der Waals surface area contributed by atoms with Gasteiger partial charge < -0.3 is 9.88 Å². The molecule has 0 bridgehead atoms. The van der Waals surface area contributed by atoms with E-state index in [1.807, 2.05) is 53.4 Å². The first-order valence-electron chi connectivity index (χ1n) is 8.92. The fourth-order valence-corrected chi connectivity index (χ4v) is 2.73. The first kappa shape index (κ1) is 17.9. The van der Waals surface area contributed by atoms with Crippen molar-refractivity contribution >= 4 is 11.7 Å². The Balaban J connectivity index is 1.64. The van der Waals surface area contributed by atoms with E-state index in [-0.39, 0.29) is 5.91 Å². The highest BCUT2D eigenvalue weighted by molar-refractivity contribution is 6.02. The SMILES string of the molecule is CC(C)CCc1ccc(NC(=O)c2cccn2Cc2ccncc2)nc1. The Labute approximate surface area is 154 Å². The summed E-state index contributed by atoms with van der Waals surface area (Å²) in [5, 5.41) is 2.88. The van der Waals surface area contributed by atoms with Crippen molar-refractivity contribution in [1.29, 1.82) is 0 Å². The number of aryl methyl sites for hydroxylation is 1. The molecule has 1 amide bonds. The van der Waals surface area contributed by atoms with Gasteiger partial charge in [-0.15, -0.1) is 0 Å². The summed E-state index contributed by atoms with van der Waals surface area (Å²) in [5.41, 5.74) is 2.89. The topological polar surface area (TPSA) is 59.8 Å². The number of aromatic nitrogens is 3. The fraction of sp³-hybridized carbons (Fsp3) is 0.286. The monoisotopic (exact) mass is 348 g/mol. The van der Waals surface area contributed by atoms with Crippen LogP contribution in [0.5, 0.6) is 0 Å². The summed E-state index contributed by atoms with van der Waals surface area (Å²) in [5.74, 6) is 1.08. The minimum absolute atomic E-state index is 0.161. The van der Waals surface area contributed by atoms with Crippen LogP contribution in [-0.2, 0) is 13.0 Å². The lowest BCUT2D eigenvalue weighted by Crippen LogP contribution is -2.18. The van der Waals surface area contributed by atoms with Gasteiger partial charge in [0.25, 0.3) is 5.91 Å². The van der Waals surface area contributed by atoms with Gasteiger partial charge >= 0.3 is 0 Å². The zero-order valence-corrected chi connectivity index (χ0v) is 15.2. The van der Waals surface area contributed by atoms with Crippen LogP contribution in [0.15, 0.2) is 61.2 Å². The summed E-state index contributed by atoms with van der Waals surface area (Å²) in [6.45, 7) is 5.05. The second-order valence-corrected chi connectivity index (χ2v) is 6.82. The number of hydrogen-bond acceptors (Lipinski definition) is 3. The van der Waals surface area contributed by atoms with Crippen LogP contribution >= 0.6 is 0 Å². The number of pyridine rings is 2. The summed E-state index contributed by atoms with van der Waals surface area (Å²) < 4.78 is 1.92. The molecule has 3 aromatic heterocycles. The molecule has 3 rings (SSSR count). The van der Waals surface area contributed by atoms with Crippen LogP contribution < -0.4 is 5.32 Å². The third-order valence-corrected chi connectivity index (χ3v) is 4.24. The van der Waals surface area contributed by atoms with Crippen LogP contribution in [0.4, 0.5) is 5.82 Å². The van der Waals surface area contributed by atoms with E-state index in [9.17, 15) is 4.79 Å². The Morgan fingerprint density at radius 1 is 1.12 bits per heavy atom. The first-order chi connectivity index (χ1) is 12.6. The van der Waals surface area contributed by atoms with Gasteiger partial charge in [0.05, 0.1) is 0 Å². The number of carbonyl (C=O) groups excluding carboxylic acids is 1. The van der Waals surface area contributed by atoms with E-state index in [0.717, 1.165) is 18.4 Å². The van der Waals surface area contributed by atoms with Crippen molar-refractivity contribution < 1.29 is 4.79 Å². The molecule has 3 heterocycles. The molecule has 0 radical (unpaired) electrons. The van der Waals surface area contributed by atoms with Crippen molar-refractivity contribution in [2.75, 3.05) is 5.32 Å². The molecule has 0 unspecified atom stereocenters. The second kappa shape index (κ2) is 8.43. The summed E-state index contributed by atoms with van der Waals surface area (Å²) in [6.07, 6.45) is 9.39. The summed E-state index contributed by atoms with van der Waals surface area (Å²) in [6, 6.07) is 11.5. The minimum Gasteiger partial charge on any atom is -0.339 e. The maximum absolute atomic E-state index is 12.6. The smallest absolute Gasteiger partial charge is 0.273 e. The molecule has 0 fully saturated rings. The Hall–Kier alpha value is -2.95. The number of carbonyl (C=O) groups is 1. The van der Waals surface area contributed by atoms with Crippen molar-refractivity contribution in [3.05, 3.63) is 78.0 Å². The van der Waals surface area contributed by atoms with Gasteiger partial charge in [-0.3, -0.25) is 9.78 Å². The van der Waals surface area contributed by atoms with Crippen LogP contribution in [0.25, 0.3) is 0 Å². The van der Waals surface area contributed by atoms with E-state index >= 15 is 0 Å². The Bertz CT molecular complexity index is 838. The number of anilines is 1. The Morgan fingerprint density at radius 3 is 2.62 bits per heavy atom. The normalized spacial score (nSPS) is 10.9. The van der Waals surface area contributed by atoms with Crippen LogP contribution in [0.2, 0.25) is 0 Å². The van der Waals surface area contributed by atoms with E-state index in [1.54, 1.807) is 12.4 Å². The lowest BCUT2D eigenvalue weighted by atomic mass is 10.0. The molecule has 26 heavy (non-hydrogen) atoms. The lowest BCUT2D eigenvalue weighted by molar-refractivity contribution is 0.101. The molecule has 0 saturated carbocycles. The van der Waals surface area contributed by atoms with Crippen molar-refractivity contribution in [1.82, 2.24) is 14.5 Å². The highest BCUT2D eigenvalue weighted by Gasteiger charge is 2.12. The van der Waals surface area contributed by atoms with Crippen LogP contribution in [0, 0.1) is 5.92 Å². The fourth-order valence-electron chi connectivity index (χ4n) is 2.73. The number of hydrogen-bond donors (Lipinski definition) is 1. The van der Waals surface area contributed by atoms with Crippen LogP contribution in [0.3, 0.4) is 0 Å². The van der Waals surface area contributed by atoms with Crippen molar-refractivity contribution in [3.8, 4) is 0 Å². The van der Waals surface area contributed by atoms with Crippen molar-refractivity contribution in [3.63, 3.8) is 0 Å². The predicted octanol–water partition coefficient (Wildman–Crippen LogP) is 4.17. The predicted molar refractivity (Wildman–Crippen MR) is 103 cm³/mol. The van der Waals surface area contributed by atoms with Gasteiger partial charge in [0.1, 0.15) is 11.5 Å². The highest BCUT2D eigenvalue weighted by atomic mass is 16.2. The van der Waals surface area contributed by atoms with Gasteiger partial charge in [-0.25, -0.2) is 4.98 Å².